The molecule has 94 valence electrons. The zero-order chi connectivity index (χ0) is 13.1. The van der Waals surface area contributed by atoms with Gasteiger partial charge in [0.1, 0.15) is 11.5 Å². The van der Waals surface area contributed by atoms with E-state index in [9.17, 15) is 0 Å². The van der Waals surface area contributed by atoms with Crippen LogP contribution in [0.3, 0.4) is 0 Å². The Bertz CT molecular complexity index is 710. The van der Waals surface area contributed by atoms with Gasteiger partial charge in [0.15, 0.2) is 0 Å². The van der Waals surface area contributed by atoms with Crippen molar-refractivity contribution < 1.29 is 4.74 Å². The first-order valence-electron chi connectivity index (χ1n) is 6.16. The summed E-state index contributed by atoms with van der Waals surface area (Å²) < 4.78 is 5.89. The number of nitrogens with zero attached hydrogens (tertiary/aromatic N) is 1. The topological polar surface area (TPSA) is 48.1 Å². The number of hydrogen-bond acceptors (Lipinski definition) is 3. The first-order chi connectivity index (χ1) is 9.36. The van der Waals surface area contributed by atoms with E-state index < -0.39 is 0 Å². The number of fused-ring (bicyclic) bond motifs is 1. The summed E-state index contributed by atoms with van der Waals surface area (Å²) in [7, 11) is 0. The van der Waals surface area contributed by atoms with E-state index in [1.807, 2.05) is 36.4 Å². The zero-order valence-electron chi connectivity index (χ0n) is 10.4. The zero-order valence-corrected chi connectivity index (χ0v) is 10.4. The van der Waals surface area contributed by atoms with Crippen molar-refractivity contribution in [3.8, 4) is 11.5 Å². The van der Waals surface area contributed by atoms with Gasteiger partial charge >= 0.3 is 0 Å². The van der Waals surface area contributed by atoms with Crippen LogP contribution >= 0.6 is 0 Å². The van der Waals surface area contributed by atoms with Crippen molar-refractivity contribution in [2.24, 2.45) is 5.73 Å². The first-order valence-corrected chi connectivity index (χ1v) is 6.16. The minimum Gasteiger partial charge on any atom is -0.457 e. The molecule has 1 heterocycles. The molecule has 3 heteroatoms. The molecule has 3 nitrogen and oxygen atoms in total. The maximum atomic E-state index is 5.89. The molecule has 0 radical (unpaired) electrons. The van der Waals surface area contributed by atoms with E-state index in [0.29, 0.717) is 6.54 Å². The minimum absolute atomic E-state index is 0.413. The molecule has 0 saturated heterocycles. The second-order valence-electron chi connectivity index (χ2n) is 4.30. The smallest absolute Gasteiger partial charge is 0.134 e. The van der Waals surface area contributed by atoms with Crippen molar-refractivity contribution >= 4 is 10.8 Å². The normalized spacial score (nSPS) is 10.6. The first kappa shape index (κ1) is 11.7. The molecule has 0 bridgehead atoms. The molecule has 0 unspecified atom stereocenters. The number of benzene rings is 2. The fraction of sp³-hybridized carbons (Fsp3) is 0.0625. The Hall–Kier alpha value is -2.39. The van der Waals surface area contributed by atoms with Crippen LogP contribution in [0.25, 0.3) is 10.8 Å². The summed E-state index contributed by atoms with van der Waals surface area (Å²) >= 11 is 0. The number of aromatic nitrogens is 1. The summed E-state index contributed by atoms with van der Waals surface area (Å²) in [6.07, 6.45) is 3.44. The molecule has 3 rings (SSSR count). The lowest BCUT2D eigenvalue weighted by Gasteiger charge is -2.10. The van der Waals surface area contributed by atoms with Crippen LogP contribution in [0.1, 0.15) is 5.56 Å². The van der Waals surface area contributed by atoms with Gasteiger partial charge in [0.25, 0.3) is 0 Å². The van der Waals surface area contributed by atoms with Gasteiger partial charge in [-0.1, -0.05) is 30.3 Å². The second-order valence-corrected chi connectivity index (χ2v) is 4.30. The van der Waals surface area contributed by atoms with E-state index in [4.69, 9.17) is 10.5 Å². The Labute approximate surface area is 111 Å². The second kappa shape index (κ2) is 5.08. The van der Waals surface area contributed by atoms with Crippen LogP contribution in [0.5, 0.6) is 11.5 Å². The van der Waals surface area contributed by atoms with Crippen molar-refractivity contribution in [1.29, 1.82) is 0 Å². The molecule has 0 fully saturated rings. The molecule has 0 aliphatic carbocycles. The Morgan fingerprint density at radius 3 is 2.68 bits per heavy atom. The number of nitrogens with two attached hydrogens (primary N) is 1. The molecule has 0 amide bonds. The molecule has 0 aliphatic heterocycles. The van der Waals surface area contributed by atoms with Crippen LogP contribution in [-0.2, 0) is 6.54 Å². The van der Waals surface area contributed by atoms with Crippen molar-refractivity contribution in [3.63, 3.8) is 0 Å². The average Bonchev–Trinajstić information content (AvgIpc) is 2.48. The third kappa shape index (κ3) is 2.41. The standard InChI is InChI=1S/C16H14N2O/c17-10-14-11-18-8-7-16(14)19-15-6-5-12-3-1-2-4-13(12)9-15/h1-9,11H,10,17H2. The van der Waals surface area contributed by atoms with Crippen LogP contribution in [0.4, 0.5) is 0 Å². The van der Waals surface area contributed by atoms with Crippen LogP contribution < -0.4 is 10.5 Å². The Morgan fingerprint density at radius 2 is 1.84 bits per heavy atom. The summed E-state index contributed by atoms with van der Waals surface area (Å²) in [4.78, 5) is 4.05. The molecule has 3 aromatic rings. The molecular formula is C16H14N2O. The van der Waals surface area contributed by atoms with E-state index >= 15 is 0 Å². The molecule has 2 N–H and O–H groups in total. The predicted molar refractivity (Wildman–Crippen MR) is 76.2 cm³/mol. The van der Waals surface area contributed by atoms with E-state index in [1.54, 1.807) is 12.4 Å². The highest BCUT2D eigenvalue weighted by atomic mass is 16.5. The SMILES string of the molecule is NCc1cnccc1Oc1ccc2ccccc2c1. The van der Waals surface area contributed by atoms with Gasteiger partial charge < -0.3 is 10.5 Å². The Kier molecular flexibility index (Phi) is 3.12. The van der Waals surface area contributed by atoms with Gasteiger partial charge in [-0.2, -0.15) is 0 Å². The Morgan fingerprint density at radius 1 is 1.00 bits per heavy atom. The summed E-state index contributed by atoms with van der Waals surface area (Å²) in [6, 6.07) is 16.1. The minimum atomic E-state index is 0.413. The van der Waals surface area contributed by atoms with Gasteiger partial charge in [-0.05, 0) is 29.0 Å². The monoisotopic (exact) mass is 250 g/mol. The number of pyridine rings is 1. The van der Waals surface area contributed by atoms with Gasteiger partial charge in [0.05, 0.1) is 0 Å². The summed E-state index contributed by atoms with van der Waals surface area (Å²) in [6.45, 7) is 0.413. The van der Waals surface area contributed by atoms with Gasteiger partial charge in [-0.25, -0.2) is 0 Å². The fourth-order valence-electron chi connectivity index (χ4n) is 2.03. The number of rotatable bonds is 3. The lowest BCUT2D eigenvalue weighted by Crippen LogP contribution is -1.99. The van der Waals surface area contributed by atoms with Gasteiger partial charge in [-0.3, -0.25) is 4.98 Å². The summed E-state index contributed by atoms with van der Waals surface area (Å²) in [5.74, 6) is 1.56. The third-order valence-corrected chi connectivity index (χ3v) is 3.03. The van der Waals surface area contributed by atoms with Gasteiger partial charge in [0.2, 0.25) is 0 Å². The van der Waals surface area contributed by atoms with E-state index in [1.165, 1.54) is 5.39 Å². The van der Waals surface area contributed by atoms with E-state index in [0.717, 1.165) is 22.4 Å². The maximum Gasteiger partial charge on any atom is 0.134 e. The van der Waals surface area contributed by atoms with Crippen molar-refractivity contribution in [2.75, 3.05) is 0 Å². The van der Waals surface area contributed by atoms with E-state index in [-0.39, 0.29) is 0 Å². The molecule has 0 atom stereocenters. The van der Waals surface area contributed by atoms with Crippen LogP contribution in [0.15, 0.2) is 60.9 Å². The van der Waals surface area contributed by atoms with Crippen molar-refractivity contribution in [2.45, 2.75) is 6.54 Å². The lowest BCUT2D eigenvalue weighted by atomic mass is 10.1. The fourth-order valence-corrected chi connectivity index (χ4v) is 2.03. The van der Waals surface area contributed by atoms with Crippen molar-refractivity contribution in [3.05, 3.63) is 66.5 Å². The molecule has 0 saturated carbocycles. The maximum absolute atomic E-state index is 5.89. The highest BCUT2D eigenvalue weighted by molar-refractivity contribution is 5.83. The largest absolute Gasteiger partial charge is 0.457 e. The van der Waals surface area contributed by atoms with Crippen LogP contribution in [0, 0.1) is 0 Å². The number of hydrogen-bond donors (Lipinski definition) is 1. The molecule has 0 aliphatic rings. The van der Waals surface area contributed by atoms with E-state index in [2.05, 4.69) is 17.1 Å². The predicted octanol–water partition coefficient (Wildman–Crippen LogP) is 3.49. The van der Waals surface area contributed by atoms with Crippen molar-refractivity contribution in [1.82, 2.24) is 4.98 Å². The van der Waals surface area contributed by atoms with Gasteiger partial charge in [0, 0.05) is 24.5 Å². The number of ether oxygens (including phenoxy) is 1. The Balaban J connectivity index is 1.96. The van der Waals surface area contributed by atoms with Gasteiger partial charge in [-0.15, -0.1) is 0 Å². The quantitative estimate of drug-likeness (QED) is 0.774. The average molecular weight is 250 g/mol. The molecular weight excluding hydrogens is 236 g/mol. The molecule has 19 heavy (non-hydrogen) atoms. The molecule has 1 aromatic heterocycles. The highest BCUT2D eigenvalue weighted by Gasteiger charge is 2.04. The van der Waals surface area contributed by atoms with Crippen LogP contribution in [0.2, 0.25) is 0 Å². The lowest BCUT2D eigenvalue weighted by molar-refractivity contribution is 0.476. The van der Waals surface area contributed by atoms with Crippen LogP contribution in [-0.4, -0.2) is 4.98 Å². The molecule has 2 aromatic carbocycles. The third-order valence-electron chi connectivity index (χ3n) is 3.03. The summed E-state index contributed by atoms with van der Waals surface area (Å²) in [5, 5.41) is 2.35. The molecule has 0 spiro atoms. The summed E-state index contributed by atoms with van der Waals surface area (Å²) in [5.41, 5.74) is 6.57. The highest BCUT2D eigenvalue weighted by Crippen LogP contribution is 2.27.